The standard InChI is InChI=1S/C23H35N5O2/c1-5-24-21(25-16-22(2,29)18-14-27-28(3)15-18)26-17-23(12-8-9-13-23)19-10-6-7-11-20(19)30-4/h6-7,10-11,14-15,29H,5,8-9,12-13,16-17H2,1-4H3,(H2,24,25,26). The number of benzene rings is 1. The lowest BCUT2D eigenvalue weighted by atomic mass is 9.78. The van der Waals surface area contributed by atoms with Gasteiger partial charge in [0.15, 0.2) is 5.96 Å². The molecular weight excluding hydrogens is 378 g/mol. The van der Waals surface area contributed by atoms with Gasteiger partial charge in [-0.2, -0.15) is 5.10 Å². The van der Waals surface area contributed by atoms with Gasteiger partial charge in [0.05, 0.1) is 19.9 Å². The molecule has 1 aromatic carbocycles. The highest BCUT2D eigenvalue weighted by Crippen LogP contribution is 2.44. The Morgan fingerprint density at radius 3 is 2.67 bits per heavy atom. The molecule has 0 spiro atoms. The highest BCUT2D eigenvalue weighted by molar-refractivity contribution is 5.80. The number of hydrogen-bond donors (Lipinski definition) is 3. The van der Waals surface area contributed by atoms with Crippen LogP contribution in [0.3, 0.4) is 0 Å². The fourth-order valence-electron chi connectivity index (χ4n) is 4.29. The van der Waals surface area contributed by atoms with Crippen molar-refractivity contribution in [1.82, 2.24) is 20.4 Å². The number of aliphatic hydroxyl groups is 1. The topological polar surface area (TPSA) is 83.7 Å². The quantitative estimate of drug-likeness (QED) is 0.458. The van der Waals surface area contributed by atoms with Crippen LogP contribution in [0.5, 0.6) is 5.75 Å². The van der Waals surface area contributed by atoms with Gasteiger partial charge < -0.3 is 20.5 Å². The molecule has 7 heteroatoms. The van der Waals surface area contributed by atoms with E-state index in [1.54, 1.807) is 24.9 Å². The van der Waals surface area contributed by atoms with Crippen LogP contribution in [0, 0.1) is 0 Å². The molecule has 1 aromatic heterocycles. The van der Waals surface area contributed by atoms with Gasteiger partial charge in [-0.15, -0.1) is 0 Å². The summed E-state index contributed by atoms with van der Waals surface area (Å²) in [5, 5.41) is 21.9. The molecule has 0 saturated heterocycles. The maximum Gasteiger partial charge on any atom is 0.191 e. The Bertz CT molecular complexity index is 853. The Hall–Kier alpha value is -2.54. The lowest BCUT2D eigenvalue weighted by Gasteiger charge is -2.32. The van der Waals surface area contributed by atoms with Crippen molar-refractivity contribution in [3.05, 3.63) is 47.8 Å². The molecule has 1 aliphatic rings. The first kappa shape index (κ1) is 22.2. The van der Waals surface area contributed by atoms with Crippen LogP contribution in [0.1, 0.15) is 50.7 Å². The van der Waals surface area contributed by atoms with E-state index in [1.807, 2.05) is 32.3 Å². The van der Waals surface area contributed by atoms with Crippen molar-refractivity contribution in [3.8, 4) is 5.75 Å². The number of aryl methyl sites for hydroxylation is 1. The number of aromatic nitrogens is 2. The van der Waals surface area contributed by atoms with Gasteiger partial charge in [-0.25, -0.2) is 4.99 Å². The summed E-state index contributed by atoms with van der Waals surface area (Å²) in [5.74, 6) is 1.66. The fourth-order valence-corrected chi connectivity index (χ4v) is 4.29. The Morgan fingerprint density at radius 1 is 1.30 bits per heavy atom. The van der Waals surface area contributed by atoms with E-state index in [2.05, 4.69) is 32.9 Å². The Morgan fingerprint density at radius 2 is 2.03 bits per heavy atom. The number of ether oxygens (including phenoxy) is 1. The summed E-state index contributed by atoms with van der Waals surface area (Å²) in [5.41, 5.74) is 0.959. The molecule has 1 atom stereocenters. The minimum absolute atomic E-state index is 0.0225. The average molecular weight is 414 g/mol. The van der Waals surface area contributed by atoms with Crippen LogP contribution in [0.2, 0.25) is 0 Å². The van der Waals surface area contributed by atoms with E-state index in [-0.39, 0.29) is 12.0 Å². The zero-order valence-corrected chi connectivity index (χ0v) is 18.6. The number of nitrogens with zero attached hydrogens (tertiary/aromatic N) is 3. The highest BCUT2D eigenvalue weighted by Gasteiger charge is 2.38. The van der Waals surface area contributed by atoms with Gasteiger partial charge in [0.25, 0.3) is 0 Å². The second kappa shape index (κ2) is 9.51. The molecule has 7 nitrogen and oxygen atoms in total. The molecule has 0 bridgehead atoms. The van der Waals surface area contributed by atoms with E-state index in [4.69, 9.17) is 4.74 Å². The minimum atomic E-state index is -1.08. The molecular formula is C23H35N5O2. The maximum absolute atomic E-state index is 10.9. The second-order valence-corrected chi connectivity index (χ2v) is 8.41. The molecule has 2 aromatic rings. The number of para-hydroxylation sites is 1. The third kappa shape index (κ3) is 4.95. The normalized spacial score (nSPS) is 18.1. The first-order valence-electron chi connectivity index (χ1n) is 10.8. The monoisotopic (exact) mass is 413 g/mol. The van der Waals surface area contributed by atoms with Crippen molar-refractivity contribution in [1.29, 1.82) is 0 Å². The van der Waals surface area contributed by atoms with Gasteiger partial charge >= 0.3 is 0 Å². The molecule has 3 rings (SSSR count). The van der Waals surface area contributed by atoms with Gasteiger partial charge in [0.2, 0.25) is 0 Å². The van der Waals surface area contributed by atoms with E-state index in [1.165, 1.54) is 18.4 Å². The number of nitrogens with one attached hydrogen (secondary N) is 2. The molecule has 164 valence electrons. The summed E-state index contributed by atoms with van der Waals surface area (Å²) in [6, 6.07) is 8.33. The smallest absolute Gasteiger partial charge is 0.191 e. The third-order valence-electron chi connectivity index (χ3n) is 6.05. The van der Waals surface area contributed by atoms with Crippen LogP contribution in [0.15, 0.2) is 41.7 Å². The molecule has 1 aliphatic carbocycles. The van der Waals surface area contributed by atoms with Crippen molar-refractivity contribution < 1.29 is 9.84 Å². The van der Waals surface area contributed by atoms with Crippen LogP contribution in [-0.4, -0.2) is 47.6 Å². The van der Waals surface area contributed by atoms with E-state index >= 15 is 0 Å². The van der Waals surface area contributed by atoms with E-state index in [0.29, 0.717) is 5.96 Å². The minimum Gasteiger partial charge on any atom is -0.496 e. The molecule has 30 heavy (non-hydrogen) atoms. The Labute approximate surface area is 179 Å². The van der Waals surface area contributed by atoms with Crippen LogP contribution in [-0.2, 0) is 18.1 Å². The fraction of sp³-hybridized carbons (Fsp3) is 0.565. The van der Waals surface area contributed by atoms with E-state index in [0.717, 1.165) is 37.2 Å². The summed E-state index contributed by atoms with van der Waals surface area (Å²) in [4.78, 5) is 4.68. The zero-order valence-electron chi connectivity index (χ0n) is 18.6. The lowest BCUT2D eigenvalue weighted by Crippen LogP contribution is -2.45. The molecule has 3 N–H and O–H groups in total. The van der Waals surface area contributed by atoms with Gasteiger partial charge in [-0.05, 0) is 32.8 Å². The van der Waals surface area contributed by atoms with Crippen molar-refractivity contribution in [3.63, 3.8) is 0 Å². The number of methoxy groups -OCH3 is 1. The summed E-state index contributed by atoms with van der Waals surface area (Å²) in [6.45, 7) is 5.58. The van der Waals surface area contributed by atoms with E-state index < -0.39 is 5.60 Å². The van der Waals surface area contributed by atoms with Crippen LogP contribution >= 0.6 is 0 Å². The predicted octanol–water partition coefficient (Wildman–Crippen LogP) is 2.70. The predicted molar refractivity (Wildman–Crippen MR) is 120 cm³/mol. The first-order valence-corrected chi connectivity index (χ1v) is 10.8. The molecule has 1 fully saturated rings. The number of rotatable bonds is 8. The Kier molecular flexibility index (Phi) is 7.02. The average Bonchev–Trinajstić information content (AvgIpc) is 3.40. The van der Waals surface area contributed by atoms with Crippen molar-refractivity contribution in [2.45, 2.75) is 50.5 Å². The van der Waals surface area contributed by atoms with Crippen molar-refractivity contribution >= 4 is 5.96 Å². The summed E-state index contributed by atoms with van der Waals surface area (Å²) < 4.78 is 7.35. The van der Waals surface area contributed by atoms with Crippen LogP contribution in [0.4, 0.5) is 0 Å². The largest absolute Gasteiger partial charge is 0.496 e. The second-order valence-electron chi connectivity index (χ2n) is 8.41. The van der Waals surface area contributed by atoms with Crippen LogP contribution < -0.4 is 15.4 Å². The zero-order chi connectivity index (χ0) is 21.6. The SMILES string of the molecule is CCNC(=NCC(C)(O)c1cnn(C)c1)NCC1(c2ccccc2OC)CCCC1. The Balaban J connectivity index is 1.76. The molecule has 0 amide bonds. The maximum atomic E-state index is 10.9. The van der Waals surface area contributed by atoms with E-state index in [9.17, 15) is 5.11 Å². The summed E-state index contributed by atoms with van der Waals surface area (Å²) in [7, 11) is 3.58. The summed E-state index contributed by atoms with van der Waals surface area (Å²) in [6.07, 6.45) is 8.17. The van der Waals surface area contributed by atoms with Crippen LogP contribution in [0.25, 0.3) is 0 Å². The number of aliphatic imine (C=N–C) groups is 1. The number of hydrogen-bond acceptors (Lipinski definition) is 4. The molecule has 1 saturated carbocycles. The van der Waals surface area contributed by atoms with Crippen molar-refractivity contribution in [2.75, 3.05) is 26.7 Å². The van der Waals surface area contributed by atoms with Gasteiger partial charge in [0, 0.05) is 42.9 Å². The van der Waals surface area contributed by atoms with Gasteiger partial charge in [0.1, 0.15) is 11.4 Å². The summed E-state index contributed by atoms with van der Waals surface area (Å²) >= 11 is 0. The van der Waals surface area contributed by atoms with Crippen molar-refractivity contribution in [2.24, 2.45) is 12.0 Å². The molecule has 0 radical (unpaired) electrons. The number of guanidine groups is 1. The first-order chi connectivity index (χ1) is 14.4. The third-order valence-corrected chi connectivity index (χ3v) is 6.05. The lowest BCUT2D eigenvalue weighted by molar-refractivity contribution is 0.0671. The van der Waals surface area contributed by atoms with Gasteiger partial charge in [-0.1, -0.05) is 31.0 Å². The highest BCUT2D eigenvalue weighted by atomic mass is 16.5. The molecule has 0 aliphatic heterocycles. The molecule has 1 unspecified atom stereocenters. The van der Waals surface area contributed by atoms with Gasteiger partial charge in [-0.3, -0.25) is 4.68 Å². The molecule has 1 heterocycles.